The van der Waals surface area contributed by atoms with Gasteiger partial charge in [0, 0.05) is 29.2 Å². The van der Waals surface area contributed by atoms with Crippen LogP contribution in [0.4, 0.5) is 10.5 Å². The summed E-state index contributed by atoms with van der Waals surface area (Å²) < 4.78 is 5.38. The number of aryl methyl sites for hydroxylation is 1. The fourth-order valence-electron chi connectivity index (χ4n) is 3.29. The SMILES string of the molecule is Cc1cccc(NC(=O)[C@@H](Cc2c[nH]c3ccccc23)NC(=O)OC(C)(C)C)c1C. The van der Waals surface area contributed by atoms with E-state index in [9.17, 15) is 9.59 Å². The van der Waals surface area contributed by atoms with Crippen LogP contribution in [0.5, 0.6) is 0 Å². The maximum atomic E-state index is 13.1. The third kappa shape index (κ3) is 5.20. The molecule has 3 N–H and O–H groups in total. The molecule has 6 heteroatoms. The van der Waals surface area contributed by atoms with E-state index in [4.69, 9.17) is 4.74 Å². The van der Waals surface area contributed by atoms with Gasteiger partial charge in [-0.15, -0.1) is 0 Å². The van der Waals surface area contributed by atoms with E-state index in [-0.39, 0.29) is 5.91 Å². The zero-order chi connectivity index (χ0) is 21.9. The number of alkyl carbamates (subject to hydrolysis) is 1. The second-order valence-corrected chi connectivity index (χ2v) is 8.50. The Labute approximate surface area is 177 Å². The molecule has 0 unspecified atom stereocenters. The van der Waals surface area contributed by atoms with Crippen molar-refractivity contribution in [3.63, 3.8) is 0 Å². The van der Waals surface area contributed by atoms with Crippen molar-refractivity contribution in [1.82, 2.24) is 10.3 Å². The van der Waals surface area contributed by atoms with Gasteiger partial charge in [0.2, 0.25) is 5.91 Å². The van der Waals surface area contributed by atoms with Crippen molar-refractivity contribution in [2.75, 3.05) is 5.32 Å². The first-order valence-corrected chi connectivity index (χ1v) is 10.1. The lowest BCUT2D eigenvalue weighted by Crippen LogP contribution is -2.47. The van der Waals surface area contributed by atoms with Crippen LogP contribution in [0.1, 0.15) is 37.5 Å². The summed E-state index contributed by atoms with van der Waals surface area (Å²) in [6.07, 6.45) is 1.59. The molecule has 30 heavy (non-hydrogen) atoms. The smallest absolute Gasteiger partial charge is 0.408 e. The van der Waals surface area contributed by atoms with Gasteiger partial charge < -0.3 is 20.4 Å². The fraction of sp³-hybridized carbons (Fsp3) is 0.333. The molecule has 158 valence electrons. The molecule has 1 atom stereocenters. The molecule has 3 aromatic rings. The topological polar surface area (TPSA) is 83.2 Å². The van der Waals surface area contributed by atoms with Gasteiger partial charge in [0.05, 0.1) is 0 Å². The standard InChI is InChI=1S/C24H29N3O3/c1-15-9-8-12-19(16(15)2)26-22(28)21(27-23(29)30-24(3,4)5)13-17-14-25-20-11-7-6-10-18(17)20/h6-12,14,21,25H,13H2,1-5H3,(H,26,28)(H,27,29)/t21-/m1/s1. The lowest BCUT2D eigenvalue weighted by atomic mass is 10.0. The quantitative estimate of drug-likeness (QED) is 0.565. The number of carbonyl (C=O) groups excluding carboxylic acids is 2. The molecule has 6 nitrogen and oxygen atoms in total. The minimum absolute atomic E-state index is 0.292. The van der Waals surface area contributed by atoms with Crippen molar-refractivity contribution in [3.05, 3.63) is 65.4 Å². The maximum Gasteiger partial charge on any atom is 0.408 e. The average molecular weight is 408 g/mol. The van der Waals surface area contributed by atoms with Gasteiger partial charge in [0.1, 0.15) is 11.6 Å². The van der Waals surface area contributed by atoms with Crippen molar-refractivity contribution in [3.8, 4) is 0 Å². The molecule has 0 aliphatic heterocycles. The van der Waals surface area contributed by atoms with Gasteiger partial charge >= 0.3 is 6.09 Å². The van der Waals surface area contributed by atoms with Crippen LogP contribution in [0.2, 0.25) is 0 Å². The summed E-state index contributed by atoms with van der Waals surface area (Å²) in [5.74, 6) is -0.292. The van der Waals surface area contributed by atoms with Crippen LogP contribution in [-0.2, 0) is 16.0 Å². The molecule has 3 rings (SSSR count). The van der Waals surface area contributed by atoms with Crippen LogP contribution >= 0.6 is 0 Å². The van der Waals surface area contributed by atoms with E-state index in [2.05, 4.69) is 15.6 Å². The summed E-state index contributed by atoms with van der Waals surface area (Å²) in [5, 5.41) is 6.73. The van der Waals surface area contributed by atoms with Gasteiger partial charge in [-0.05, 0) is 63.4 Å². The number of aromatic nitrogens is 1. The molecule has 0 spiro atoms. The number of fused-ring (bicyclic) bond motifs is 1. The van der Waals surface area contributed by atoms with Crippen LogP contribution in [-0.4, -0.2) is 28.6 Å². The molecule has 0 fully saturated rings. The second-order valence-electron chi connectivity index (χ2n) is 8.50. The molecule has 0 saturated carbocycles. The number of anilines is 1. The Morgan fingerprint density at radius 2 is 1.80 bits per heavy atom. The Bertz CT molecular complexity index is 1060. The Kier molecular flexibility index (Phi) is 6.15. The number of para-hydroxylation sites is 1. The van der Waals surface area contributed by atoms with Crippen molar-refractivity contribution in [2.24, 2.45) is 0 Å². The summed E-state index contributed by atoms with van der Waals surface area (Å²) in [6.45, 7) is 9.32. The number of hydrogen-bond donors (Lipinski definition) is 3. The fourth-order valence-corrected chi connectivity index (χ4v) is 3.29. The van der Waals surface area contributed by atoms with E-state index in [1.54, 1.807) is 20.8 Å². The van der Waals surface area contributed by atoms with Crippen LogP contribution < -0.4 is 10.6 Å². The second kappa shape index (κ2) is 8.61. The van der Waals surface area contributed by atoms with Crippen LogP contribution in [0.25, 0.3) is 10.9 Å². The van der Waals surface area contributed by atoms with Crippen LogP contribution in [0.3, 0.4) is 0 Å². The number of ether oxygens (including phenoxy) is 1. The lowest BCUT2D eigenvalue weighted by Gasteiger charge is -2.23. The van der Waals surface area contributed by atoms with E-state index in [1.807, 2.05) is 62.5 Å². The summed E-state index contributed by atoms with van der Waals surface area (Å²) in [7, 11) is 0. The molecular formula is C24H29N3O3. The maximum absolute atomic E-state index is 13.1. The van der Waals surface area contributed by atoms with Crippen molar-refractivity contribution >= 4 is 28.6 Å². The highest BCUT2D eigenvalue weighted by atomic mass is 16.6. The molecule has 0 aliphatic carbocycles. The molecule has 0 bridgehead atoms. The van der Waals surface area contributed by atoms with E-state index in [0.717, 1.165) is 33.3 Å². The largest absolute Gasteiger partial charge is 0.444 e. The summed E-state index contributed by atoms with van der Waals surface area (Å²) in [6, 6.07) is 12.8. The minimum atomic E-state index is -0.793. The lowest BCUT2D eigenvalue weighted by molar-refractivity contribution is -0.118. The predicted octanol–water partition coefficient (Wildman–Crippen LogP) is 4.86. The van der Waals surface area contributed by atoms with Crippen molar-refractivity contribution < 1.29 is 14.3 Å². The highest BCUT2D eigenvalue weighted by molar-refractivity contribution is 5.98. The van der Waals surface area contributed by atoms with Gasteiger partial charge in [-0.3, -0.25) is 4.79 Å². The van der Waals surface area contributed by atoms with E-state index in [0.29, 0.717) is 6.42 Å². The first-order valence-electron chi connectivity index (χ1n) is 10.1. The van der Waals surface area contributed by atoms with Gasteiger partial charge in [0.25, 0.3) is 0 Å². The normalized spacial score (nSPS) is 12.4. The number of rotatable bonds is 5. The zero-order valence-corrected chi connectivity index (χ0v) is 18.1. The molecule has 0 radical (unpaired) electrons. The average Bonchev–Trinajstić information content (AvgIpc) is 3.06. The molecule has 2 amide bonds. The number of aromatic amines is 1. The van der Waals surface area contributed by atoms with E-state index >= 15 is 0 Å². The van der Waals surface area contributed by atoms with E-state index in [1.165, 1.54) is 0 Å². The number of hydrogen-bond acceptors (Lipinski definition) is 3. The molecule has 1 heterocycles. The molecule has 2 aromatic carbocycles. The number of H-pyrrole nitrogens is 1. The third-order valence-corrected chi connectivity index (χ3v) is 4.97. The van der Waals surface area contributed by atoms with Crippen molar-refractivity contribution in [1.29, 1.82) is 0 Å². The first-order chi connectivity index (χ1) is 14.1. The third-order valence-electron chi connectivity index (χ3n) is 4.97. The number of amides is 2. The number of benzene rings is 2. The highest BCUT2D eigenvalue weighted by Gasteiger charge is 2.26. The predicted molar refractivity (Wildman–Crippen MR) is 120 cm³/mol. The Morgan fingerprint density at radius 3 is 2.53 bits per heavy atom. The molecule has 0 aliphatic rings. The monoisotopic (exact) mass is 407 g/mol. The van der Waals surface area contributed by atoms with Crippen LogP contribution in [0, 0.1) is 13.8 Å². The molecule has 0 saturated heterocycles. The Morgan fingerprint density at radius 1 is 1.07 bits per heavy atom. The van der Waals surface area contributed by atoms with Gasteiger partial charge in [-0.25, -0.2) is 4.79 Å². The minimum Gasteiger partial charge on any atom is -0.444 e. The summed E-state index contributed by atoms with van der Waals surface area (Å²) >= 11 is 0. The van der Waals surface area contributed by atoms with Gasteiger partial charge in [-0.2, -0.15) is 0 Å². The molecular weight excluding hydrogens is 378 g/mol. The van der Waals surface area contributed by atoms with Gasteiger partial charge in [-0.1, -0.05) is 30.3 Å². The van der Waals surface area contributed by atoms with E-state index < -0.39 is 17.7 Å². The molecule has 1 aromatic heterocycles. The van der Waals surface area contributed by atoms with Crippen LogP contribution in [0.15, 0.2) is 48.7 Å². The highest BCUT2D eigenvalue weighted by Crippen LogP contribution is 2.21. The number of carbonyl (C=O) groups is 2. The zero-order valence-electron chi connectivity index (χ0n) is 18.1. The van der Waals surface area contributed by atoms with Crippen molar-refractivity contribution in [2.45, 2.75) is 52.7 Å². The number of nitrogens with one attached hydrogen (secondary N) is 3. The first kappa shape index (κ1) is 21.4. The Balaban J connectivity index is 1.85. The summed E-state index contributed by atoms with van der Waals surface area (Å²) in [4.78, 5) is 28.8. The van der Waals surface area contributed by atoms with Gasteiger partial charge in [0.15, 0.2) is 0 Å². The summed E-state index contributed by atoms with van der Waals surface area (Å²) in [5.41, 5.74) is 4.09. The Hall–Kier alpha value is -3.28.